The lowest BCUT2D eigenvalue weighted by Gasteiger charge is -2.20. The zero-order valence-electron chi connectivity index (χ0n) is 13.5. The van der Waals surface area contributed by atoms with Gasteiger partial charge in [-0.05, 0) is 64.3 Å². The van der Waals surface area contributed by atoms with Crippen molar-refractivity contribution in [3.63, 3.8) is 0 Å². The van der Waals surface area contributed by atoms with Gasteiger partial charge in [0, 0.05) is 12.1 Å². The number of hydrogen-bond acceptors (Lipinski definition) is 2. The van der Waals surface area contributed by atoms with Gasteiger partial charge in [0.2, 0.25) is 0 Å². The van der Waals surface area contributed by atoms with Crippen LogP contribution in [0.4, 0.5) is 4.79 Å². The van der Waals surface area contributed by atoms with Crippen molar-refractivity contribution in [2.75, 3.05) is 13.2 Å². The maximum Gasteiger partial charge on any atom is 0.315 e. The smallest absolute Gasteiger partial charge is 0.315 e. The number of carbonyl (C=O) groups is 1. The minimum absolute atomic E-state index is 0.155. The molecule has 0 unspecified atom stereocenters. The van der Waals surface area contributed by atoms with E-state index in [0.717, 1.165) is 17.5 Å². The van der Waals surface area contributed by atoms with Crippen LogP contribution < -0.4 is 15.4 Å². The highest BCUT2D eigenvalue weighted by Gasteiger charge is 2.13. The Hall–Kier alpha value is -1.42. The van der Waals surface area contributed by atoms with Crippen LogP contribution in [0.2, 0.25) is 5.02 Å². The zero-order chi connectivity index (χ0) is 16.0. The minimum atomic E-state index is -0.234. The number of benzene rings is 1. The van der Waals surface area contributed by atoms with Crippen molar-refractivity contribution in [3.05, 3.63) is 28.3 Å². The molecule has 1 aromatic rings. The van der Waals surface area contributed by atoms with Crippen LogP contribution in [0.25, 0.3) is 0 Å². The summed E-state index contributed by atoms with van der Waals surface area (Å²) >= 11 is 6.18. The van der Waals surface area contributed by atoms with Gasteiger partial charge < -0.3 is 15.4 Å². The molecule has 4 nitrogen and oxygen atoms in total. The lowest BCUT2D eigenvalue weighted by Crippen LogP contribution is -2.46. The number of halogens is 1. The second kappa shape index (κ2) is 7.55. The molecule has 2 N–H and O–H groups in total. The predicted molar refractivity (Wildman–Crippen MR) is 87.3 cm³/mol. The second-order valence-corrected chi connectivity index (χ2v) is 6.43. The third kappa shape index (κ3) is 6.25. The van der Waals surface area contributed by atoms with Gasteiger partial charge in [0.15, 0.2) is 0 Å². The first-order valence-corrected chi connectivity index (χ1v) is 7.58. The van der Waals surface area contributed by atoms with Crippen LogP contribution >= 0.6 is 11.6 Å². The summed E-state index contributed by atoms with van der Waals surface area (Å²) in [5.74, 6) is 0.707. The van der Waals surface area contributed by atoms with E-state index in [4.69, 9.17) is 16.3 Å². The quantitative estimate of drug-likeness (QED) is 0.871. The average Bonchev–Trinajstić information content (AvgIpc) is 2.33. The number of carbonyl (C=O) groups excluding carboxylic acids is 1. The summed E-state index contributed by atoms with van der Waals surface area (Å²) in [6.07, 6.45) is 0.732. The topological polar surface area (TPSA) is 50.4 Å². The van der Waals surface area contributed by atoms with Gasteiger partial charge in [-0.2, -0.15) is 0 Å². The van der Waals surface area contributed by atoms with E-state index < -0.39 is 0 Å². The van der Waals surface area contributed by atoms with Crippen molar-refractivity contribution in [3.8, 4) is 5.75 Å². The SMILES string of the molecule is CCOc1cc(C)c(CCNC(=O)NC(C)(C)C)cc1Cl. The van der Waals surface area contributed by atoms with E-state index in [1.165, 1.54) is 0 Å². The molecule has 0 bridgehead atoms. The van der Waals surface area contributed by atoms with Gasteiger partial charge >= 0.3 is 6.03 Å². The van der Waals surface area contributed by atoms with E-state index in [-0.39, 0.29) is 11.6 Å². The zero-order valence-corrected chi connectivity index (χ0v) is 14.2. The molecule has 0 aliphatic carbocycles. The molecule has 21 heavy (non-hydrogen) atoms. The van der Waals surface area contributed by atoms with Crippen LogP contribution in [0.1, 0.15) is 38.8 Å². The number of aryl methyl sites for hydroxylation is 1. The Bertz CT molecular complexity index is 496. The van der Waals surface area contributed by atoms with Crippen molar-refractivity contribution < 1.29 is 9.53 Å². The van der Waals surface area contributed by atoms with Crippen molar-refractivity contribution in [1.82, 2.24) is 10.6 Å². The molecule has 5 heteroatoms. The lowest BCUT2D eigenvalue weighted by molar-refractivity contribution is 0.232. The number of urea groups is 1. The summed E-state index contributed by atoms with van der Waals surface area (Å²) in [4.78, 5) is 11.7. The predicted octanol–water partition coefficient (Wildman–Crippen LogP) is 3.69. The van der Waals surface area contributed by atoms with Crippen LogP contribution in [0.3, 0.4) is 0 Å². The maximum absolute atomic E-state index is 11.7. The third-order valence-electron chi connectivity index (χ3n) is 2.86. The van der Waals surface area contributed by atoms with E-state index in [0.29, 0.717) is 23.9 Å². The second-order valence-electron chi connectivity index (χ2n) is 6.02. The van der Waals surface area contributed by atoms with Gasteiger partial charge in [-0.3, -0.25) is 0 Å². The number of amides is 2. The Morgan fingerprint density at radius 1 is 1.33 bits per heavy atom. The Balaban J connectivity index is 2.56. The van der Waals surface area contributed by atoms with Crippen molar-refractivity contribution >= 4 is 17.6 Å². The molecule has 0 fully saturated rings. The van der Waals surface area contributed by atoms with Crippen molar-refractivity contribution in [2.45, 2.75) is 46.6 Å². The fourth-order valence-electron chi connectivity index (χ4n) is 1.93. The standard InChI is InChI=1S/C16H25ClN2O2/c1-6-21-14-9-11(2)12(10-13(14)17)7-8-18-15(20)19-16(3,4)5/h9-10H,6-8H2,1-5H3,(H2,18,19,20). The third-order valence-corrected chi connectivity index (χ3v) is 3.15. The average molecular weight is 313 g/mol. The molecule has 118 valence electrons. The fraction of sp³-hybridized carbons (Fsp3) is 0.562. The summed E-state index contributed by atoms with van der Waals surface area (Å²) in [6, 6.07) is 3.69. The normalized spacial score (nSPS) is 11.1. The molecule has 0 aromatic heterocycles. The Morgan fingerprint density at radius 3 is 2.57 bits per heavy atom. The lowest BCUT2D eigenvalue weighted by atomic mass is 10.1. The molecular formula is C16H25ClN2O2. The van der Waals surface area contributed by atoms with Gasteiger partial charge in [0.1, 0.15) is 5.75 Å². The molecule has 0 saturated carbocycles. The summed E-state index contributed by atoms with van der Waals surface area (Å²) < 4.78 is 5.46. The van der Waals surface area contributed by atoms with Crippen molar-refractivity contribution in [2.24, 2.45) is 0 Å². The molecule has 0 aliphatic heterocycles. The van der Waals surface area contributed by atoms with Crippen LogP contribution in [-0.2, 0) is 6.42 Å². The van der Waals surface area contributed by atoms with Crippen molar-refractivity contribution in [1.29, 1.82) is 0 Å². The highest BCUT2D eigenvalue weighted by Crippen LogP contribution is 2.28. The summed E-state index contributed by atoms with van der Waals surface area (Å²) in [7, 11) is 0. The summed E-state index contributed by atoms with van der Waals surface area (Å²) in [6.45, 7) is 10.9. The van der Waals surface area contributed by atoms with Crippen LogP contribution in [-0.4, -0.2) is 24.7 Å². The molecule has 0 saturated heterocycles. The minimum Gasteiger partial charge on any atom is -0.492 e. The maximum atomic E-state index is 11.7. The highest BCUT2D eigenvalue weighted by molar-refractivity contribution is 6.32. The molecule has 0 heterocycles. The van der Waals surface area contributed by atoms with Crippen LogP contribution in [0.15, 0.2) is 12.1 Å². The van der Waals surface area contributed by atoms with Crippen LogP contribution in [0.5, 0.6) is 5.75 Å². The summed E-state index contributed by atoms with van der Waals surface area (Å²) in [5.41, 5.74) is 1.99. The largest absolute Gasteiger partial charge is 0.492 e. The number of ether oxygens (including phenoxy) is 1. The summed E-state index contributed by atoms with van der Waals surface area (Å²) in [5, 5.41) is 6.32. The monoisotopic (exact) mass is 312 g/mol. The van der Waals surface area contributed by atoms with Gasteiger partial charge in [-0.1, -0.05) is 11.6 Å². The van der Waals surface area contributed by atoms with E-state index in [1.807, 2.05) is 46.8 Å². The van der Waals surface area contributed by atoms with E-state index in [2.05, 4.69) is 10.6 Å². The van der Waals surface area contributed by atoms with Gasteiger partial charge in [0.25, 0.3) is 0 Å². The molecule has 2 amide bonds. The number of rotatable bonds is 5. The fourth-order valence-corrected chi connectivity index (χ4v) is 2.17. The first kappa shape index (κ1) is 17.6. The molecule has 0 aliphatic rings. The molecular weight excluding hydrogens is 288 g/mol. The highest BCUT2D eigenvalue weighted by atomic mass is 35.5. The van der Waals surface area contributed by atoms with Gasteiger partial charge in [0.05, 0.1) is 11.6 Å². The molecule has 0 atom stereocenters. The Labute approximate surface area is 132 Å². The number of nitrogens with one attached hydrogen (secondary N) is 2. The van der Waals surface area contributed by atoms with Crippen LogP contribution in [0, 0.1) is 6.92 Å². The molecule has 1 aromatic carbocycles. The van der Waals surface area contributed by atoms with E-state index >= 15 is 0 Å². The molecule has 0 radical (unpaired) electrons. The number of hydrogen-bond donors (Lipinski definition) is 2. The Kier molecular flexibility index (Phi) is 6.34. The van der Waals surface area contributed by atoms with E-state index in [9.17, 15) is 4.79 Å². The first-order chi connectivity index (χ1) is 9.73. The molecule has 1 rings (SSSR count). The molecule has 0 spiro atoms. The van der Waals surface area contributed by atoms with Gasteiger partial charge in [-0.15, -0.1) is 0 Å². The Morgan fingerprint density at radius 2 is 2.00 bits per heavy atom. The van der Waals surface area contributed by atoms with Gasteiger partial charge in [-0.25, -0.2) is 4.79 Å². The first-order valence-electron chi connectivity index (χ1n) is 7.20. The van der Waals surface area contributed by atoms with E-state index in [1.54, 1.807) is 0 Å².